The highest BCUT2D eigenvalue weighted by molar-refractivity contribution is 9.10. The topological polar surface area (TPSA) is 78.4 Å². The Hall–Kier alpha value is -2.34. The SMILES string of the molecule is O=C(Nc1c2c(cc3c1CCC3)CCC2)NC(Cc1cccc(Br)c1)C(=O)O. The van der Waals surface area contributed by atoms with Gasteiger partial charge in [0.15, 0.2) is 0 Å². The molecule has 0 fully saturated rings. The number of rotatable bonds is 5. The zero-order chi connectivity index (χ0) is 19.7. The van der Waals surface area contributed by atoms with Crippen LogP contribution < -0.4 is 10.6 Å². The van der Waals surface area contributed by atoms with Crippen molar-refractivity contribution in [3.63, 3.8) is 0 Å². The van der Waals surface area contributed by atoms with Crippen LogP contribution in [0.5, 0.6) is 0 Å². The fourth-order valence-corrected chi connectivity index (χ4v) is 4.82. The molecule has 2 aliphatic carbocycles. The number of carboxylic acids is 1. The minimum Gasteiger partial charge on any atom is -0.480 e. The second-order valence-electron chi connectivity index (χ2n) is 7.56. The van der Waals surface area contributed by atoms with Gasteiger partial charge in [0.25, 0.3) is 0 Å². The van der Waals surface area contributed by atoms with E-state index in [0.717, 1.165) is 54.2 Å². The number of fused-ring (bicyclic) bond motifs is 2. The van der Waals surface area contributed by atoms with Crippen LogP contribution in [0.2, 0.25) is 0 Å². The molecule has 1 unspecified atom stereocenters. The van der Waals surface area contributed by atoms with Crippen LogP contribution in [0.15, 0.2) is 34.8 Å². The molecule has 5 nitrogen and oxygen atoms in total. The van der Waals surface area contributed by atoms with Gasteiger partial charge in [0.2, 0.25) is 0 Å². The maximum Gasteiger partial charge on any atom is 0.326 e. The number of benzene rings is 2. The second-order valence-corrected chi connectivity index (χ2v) is 8.47. The first-order valence-electron chi connectivity index (χ1n) is 9.72. The van der Waals surface area contributed by atoms with Gasteiger partial charge in [0.05, 0.1) is 0 Å². The molecule has 4 rings (SSSR count). The Balaban J connectivity index is 1.51. The Morgan fingerprint density at radius 3 is 2.32 bits per heavy atom. The lowest BCUT2D eigenvalue weighted by Gasteiger charge is -2.19. The van der Waals surface area contributed by atoms with Crippen LogP contribution in [-0.2, 0) is 36.9 Å². The lowest BCUT2D eigenvalue weighted by Crippen LogP contribution is -2.44. The average Bonchev–Trinajstić information content (AvgIpc) is 3.30. The zero-order valence-electron chi connectivity index (χ0n) is 15.6. The lowest BCUT2D eigenvalue weighted by atomic mass is 9.99. The third kappa shape index (κ3) is 3.92. The number of carboxylic acid groups (broad SMARTS) is 1. The summed E-state index contributed by atoms with van der Waals surface area (Å²) < 4.78 is 0.883. The van der Waals surface area contributed by atoms with Gasteiger partial charge in [-0.05, 0) is 78.5 Å². The second kappa shape index (κ2) is 7.95. The number of hydrogen-bond donors (Lipinski definition) is 3. The minimum absolute atomic E-state index is 0.229. The summed E-state index contributed by atoms with van der Waals surface area (Å²) in [5, 5.41) is 15.2. The molecule has 0 heterocycles. The normalized spacial score (nSPS) is 15.6. The maximum absolute atomic E-state index is 12.7. The Morgan fingerprint density at radius 2 is 1.71 bits per heavy atom. The summed E-state index contributed by atoms with van der Waals surface area (Å²) in [6.07, 6.45) is 6.49. The number of carbonyl (C=O) groups excluding carboxylic acids is 1. The van der Waals surface area contributed by atoms with Gasteiger partial charge in [0.1, 0.15) is 6.04 Å². The van der Waals surface area contributed by atoms with Crippen LogP contribution in [-0.4, -0.2) is 23.1 Å². The van der Waals surface area contributed by atoms with Gasteiger partial charge >= 0.3 is 12.0 Å². The lowest BCUT2D eigenvalue weighted by molar-refractivity contribution is -0.139. The Bertz CT molecular complexity index is 909. The number of carbonyl (C=O) groups is 2. The van der Waals surface area contributed by atoms with Crippen molar-refractivity contribution in [2.24, 2.45) is 0 Å². The molecule has 146 valence electrons. The molecule has 2 amide bonds. The number of amides is 2. The van der Waals surface area contributed by atoms with Crippen LogP contribution in [0.3, 0.4) is 0 Å². The van der Waals surface area contributed by atoms with Gasteiger partial charge < -0.3 is 15.7 Å². The molecule has 2 aromatic rings. The maximum atomic E-state index is 12.7. The van der Waals surface area contributed by atoms with E-state index in [1.165, 1.54) is 22.3 Å². The molecular weight excluding hydrogens is 420 g/mol. The van der Waals surface area contributed by atoms with E-state index >= 15 is 0 Å². The molecule has 0 aromatic heterocycles. The summed E-state index contributed by atoms with van der Waals surface area (Å²) >= 11 is 3.39. The van der Waals surface area contributed by atoms with E-state index in [-0.39, 0.29) is 6.42 Å². The third-order valence-corrected chi connectivity index (χ3v) is 6.14. The van der Waals surface area contributed by atoms with E-state index < -0.39 is 18.0 Å². The van der Waals surface area contributed by atoms with Crippen molar-refractivity contribution in [1.29, 1.82) is 0 Å². The van der Waals surface area contributed by atoms with Crippen molar-refractivity contribution in [1.82, 2.24) is 5.32 Å². The van der Waals surface area contributed by atoms with Gasteiger partial charge in [-0.2, -0.15) is 0 Å². The predicted octanol–water partition coefficient (Wildman–Crippen LogP) is 4.24. The van der Waals surface area contributed by atoms with Crippen LogP contribution in [0.25, 0.3) is 0 Å². The summed E-state index contributed by atoms with van der Waals surface area (Å²) in [5.74, 6) is -1.04. The monoisotopic (exact) mass is 442 g/mol. The average molecular weight is 443 g/mol. The smallest absolute Gasteiger partial charge is 0.326 e. The van der Waals surface area contributed by atoms with Crippen molar-refractivity contribution in [2.75, 3.05) is 5.32 Å². The fourth-order valence-electron chi connectivity index (χ4n) is 4.37. The molecular formula is C22H23BrN2O3. The van der Waals surface area contributed by atoms with Gasteiger partial charge in [0, 0.05) is 16.6 Å². The molecule has 1 atom stereocenters. The number of aliphatic carboxylic acids is 1. The molecule has 0 spiro atoms. The summed E-state index contributed by atoms with van der Waals surface area (Å²) in [4.78, 5) is 24.4. The van der Waals surface area contributed by atoms with E-state index in [2.05, 4.69) is 32.6 Å². The summed E-state index contributed by atoms with van der Waals surface area (Å²) in [6.45, 7) is 0. The summed E-state index contributed by atoms with van der Waals surface area (Å²) in [7, 11) is 0. The minimum atomic E-state index is -1.04. The molecule has 6 heteroatoms. The quantitative estimate of drug-likeness (QED) is 0.647. The number of halogens is 1. The van der Waals surface area contributed by atoms with E-state index in [1.54, 1.807) is 0 Å². The van der Waals surface area contributed by atoms with E-state index in [4.69, 9.17) is 0 Å². The van der Waals surface area contributed by atoms with Crippen molar-refractivity contribution in [2.45, 2.75) is 51.0 Å². The first-order valence-corrected chi connectivity index (χ1v) is 10.5. The number of anilines is 1. The van der Waals surface area contributed by atoms with E-state index in [0.29, 0.717) is 0 Å². The predicted molar refractivity (Wildman–Crippen MR) is 112 cm³/mol. The number of hydrogen-bond acceptors (Lipinski definition) is 2. The Morgan fingerprint density at radius 1 is 1.04 bits per heavy atom. The fraction of sp³-hybridized carbons (Fsp3) is 0.364. The largest absolute Gasteiger partial charge is 0.480 e. The van der Waals surface area contributed by atoms with Crippen molar-refractivity contribution >= 4 is 33.6 Å². The van der Waals surface area contributed by atoms with E-state index in [1.807, 2.05) is 24.3 Å². The van der Waals surface area contributed by atoms with Gasteiger partial charge in [-0.3, -0.25) is 0 Å². The highest BCUT2D eigenvalue weighted by Crippen LogP contribution is 2.38. The molecule has 28 heavy (non-hydrogen) atoms. The molecule has 0 bridgehead atoms. The van der Waals surface area contributed by atoms with E-state index in [9.17, 15) is 14.7 Å². The van der Waals surface area contributed by atoms with Crippen LogP contribution in [0, 0.1) is 0 Å². The molecule has 0 saturated carbocycles. The third-order valence-electron chi connectivity index (χ3n) is 5.64. The van der Waals surface area contributed by atoms with Crippen molar-refractivity contribution < 1.29 is 14.7 Å². The van der Waals surface area contributed by atoms with Crippen molar-refractivity contribution in [3.8, 4) is 0 Å². The molecule has 0 saturated heterocycles. The number of nitrogens with one attached hydrogen (secondary N) is 2. The first kappa shape index (κ1) is 19.0. The zero-order valence-corrected chi connectivity index (χ0v) is 17.1. The number of aryl methyl sites for hydroxylation is 2. The molecule has 3 N–H and O–H groups in total. The highest BCUT2D eigenvalue weighted by Gasteiger charge is 2.26. The Kier molecular flexibility index (Phi) is 5.40. The highest BCUT2D eigenvalue weighted by atomic mass is 79.9. The molecule has 2 aliphatic rings. The Labute approximate surface area is 172 Å². The summed E-state index contributed by atoms with van der Waals surface area (Å²) in [5.41, 5.74) is 6.90. The molecule has 0 radical (unpaired) electrons. The molecule has 0 aliphatic heterocycles. The summed E-state index contributed by atoms with van der Waals surface area (Å²) in [6, 6.07) is 8.34. The van der Waals surface area contributed by atoms with Gasteiger partial charge in [-0.25, -0.2) is 9.59 Å². The van der Waals surface area contributed by atoms with Crippen LogP contribution >= 0.6 is 15.9 Å². The first-order chi connectivity index (χ1) is 13.5. The van der Waals surface area contributed by atoms with Crippen LogP contribution in [0.4, 0.5) is 10.5 Å². The standard InChI is InChI=1S/C22H23BrN2O3/c23-16-7-1-4-13(10-16)11-19(21(26)27)24-22(28)25-20-17-8-2-5-14(17)12-15-6-3-9-18(15)20/h1,4,7,10,12,19H,2-3,5-6,8-9,11H2,(H,26,27)(H2,24,25,28). The van der Waals surface area contributed by atoms with Gasteiger partial charge in [-0.1, -0.05) is 34.1 Å². The van der Waals surface area contributed by atoms with Crippen molar-refractivity contribution in [3.05, 3.63) is 62.6 Å². The van der Waals surface area contributed by atoms with Crippen LogP contribution in [0.1, 0.15) is 40.7 Å². The number of urea groups is 1. The van der Waals surface area contributed by atoms with Gasteiger partial charge in [-0.15, -0.1) is 0 Å². The molecule has 2 aromatic carbocycles.